The van der Waals surface area contributed by atoms with E-state index in [0.717, 1.165) is 44.1 Å². The Bertz CT molecular complexity index is 2760. The fraction of sp³-hybridized carbons (Fsp3) is 0. The second-order valence-corrected chi connectivity index (χ2v) is 12.2. The maximum absolute atomic E-state index is 6.39. The minimum absolute atomic E-state index is 0.918. The van der Waals surface area contributed by atoms with Gasteiger partial charge >= 0.3 is 0 Å². The van der Waals surface area contributed by atoms with Crippen molar-refractivity contribution in [3.8, 4) is 33.4 Å². The largest absolute Gasteiger partial charge is 0.455 e. The van der Waals surface area contributed by atoms with Gasteiger partial charge in [0.1, 0.15) is 11.2 Å². The molecule has 0 atom stereocenters. The average molecular weight is 586 g/mol. The van der Waals surface area contributed by atoms with E-state index < -0.39 is 0 Å². The van der Waals surface area contributed by atoms with Crippen LogP contribution in [0, 0.1) is 0 Å². The molecule has 8 aromatic carbocycles. The number of benzene rings is 8. The first-order chi connectivity index (χ1) is 22.8. The smallest absolute Gasteiger partial charge is 0.143 e. The van der Waals surface area contributed by atoms with E-state index in [-0.39, 0.29) is 0 Å². The van der Waals surface area contributed by atoms with E-state index in [2.05, 4.69) is 151 Å². The first kappa shape index (κ1) is 25.2. The Kier molecular flexibility index (Phi) is 5.31. The topological polar surface area (TPSA) is 28.9 Å². The third-order valence-corrected chi connectivity index (χ3v) is 9.58. The highest BCUT2D eigenvalue weighted by atomic mass is 16.3. The van der Waals surface area contributed by atoms with Crippen molar-refractivity contribution in [2.45, 2.75) is 0 Å². The lowest BCUT2D eigenvalue weighted by molar-refractivity contribution is 0.670. The standard InChI is InChI=1S/C44H27NO/c1-3-14-32-27(10-1)24-28-11-2-4-15-33(28)42(32)31-13-7-12-29(25-31)34-17-8-19-37-39-26-30(22-23-40(39)45-43(34)37)35-18-9-20-38-36-16-5-6-21-41(36)46-44(35)38/h1-26,45H. The van der Waals surface area contributed by atoms with Crippen LogP contribution in [0.3, 0.4) is 0 Å². The van der Waals surface area contributed by atoms with Crippen LogP contribution >= 0.6 is 0 Å². The number of aromatic amines is 1. The molecule has 0 aliphatic rings. The average Bonchev–Trinajstić information content (AvgIpc) is 3.69. The molecule has 0 amide bonds. The number of furan rings is 1. The molecule has 0 aliphatic heterocycles. The van der Waals surface area contributed by atoms with Gasteiger partial charge in [-0.25, -0.2) is 0 Å². The Morgan fingerprint density at radius 2 is 1.02 bits per heavy atom. The van der Waals surface area contributed by atoms with Crippen LogP contribution in [-0.4, -0.2) is 4.98 Å². The predicted octanol–water partition coefficient (Wildman–Crippen LogP) is 12.5. The number of rotatable bonds is 3. The number of nitrogens with one attached hydrogen (secondary N) is 1. The van der Waals surface area contributed by atoms with Crippen molar-refractivity contribution in [2.24, 2.45) is 0 Å². The first-order valence-corrected chi connectivity index (χ1v) is 15.8. The molecule has 10 aromatic rings. The molecule has 0 radical (unpaired) electrons. The third-order valence-electron chi connectivity index (χ3n) is 9.58. The van der Waals surface area contributed by atoms with Gasteiger partial charge in [-0.3, -0.25) is 0 Å². The molecular formula is C44H27NO. The van der Waals surface area contributed by atoms with Crippen LogP contribution in [0.25, 0.3) is 98.7 Å². The van der Waals surface area contributed by atoms with Crippen molar-refractivity contribution >= 4 is 65.3 Å². The van der Waals surface area contributed by atoms with Crippen LogP contribution in [0.2, 0.25) is 0 Å². The molecule has 0 aliphatic carbocycles. The van der Waals surface area contributed by atoms with E-state index >= 15 is 0 Å². The first-order valence-electron chi connectivity index (χ1n) is 15.8. The van der Waals surface area contributed by atoms with E-state index in [1.807, 2.05) is 12.1 Å². The maximum atomic E-state index is 6.39. The van der Waals surface area contributed by atoms with Crippen LogP contribution in [0.1, 0.15) is 0 Å². The van der Waals surface area contributed by atoms with Gasteiger partial charge in [0.2, 0.25) is 0 Å². The zero-order valence-electron chi connectivity index (χ0n) is 24.9. The third kappa shape index (κ3) is 3.71. The van der Waals surface area contributed by atoms with Crippen molar-refractivity contribution in [3.63, 3.8) is 0 Å². The molecule has 2 nitrogen and oxygen atoms in total. The van der Waals surface area contributed by atoms with E-state index in [0.29, 0.717) is 0 Å². The molecule has 0 saturated carbocycles. The summed E-state index contributed by atoms with van der Waals surface area (Å²) < 4.78 is 6.39. The Labute approximate surface area is 265 Å². The monoisotopic (exact) mass is 585 g/mol. The van der Waals surface area contributed by atoms with Crippen LogP contribution in [0.15, 0.2) is 162 Å². The lowest BCUT2D eigenvalue weighted by Crippen LogP contribution is -1.87. The van der Waals surface area contributed by atoms with Crippen LogP contribution < -0.4 is 0 Å². The van der Waals surface area contributed by atoms with Gasteiger partial charge in [-0.05, 0) is 74.1 Å². The van der Waals surface area contributed by atoms with Crippen LogP contribution in [0.5, 0.6) is 0 Å². The molecule has 214 valence electrons. The van der Waals surface area contributed by atoms with Gasteiger partial charge in [0.25, 0.3) is 0 Å². The van der Waals surface area contributed by atoms with Gasteiger partial charge < -0.3 is 9.40 Å². The van der Waals surface area contributed by atoms with Crippen molar-refractivity contribution in [2.75, 3.05) is 0 Å². The summed E-state index contributed by atoms with van der Waals surface area (Å²) in [5.74, 6) is 0. The van der Waals surface area contributed by atoms with Crippen LogP contribution in [-0.2, 0) is 0 Å². The molecule has 0 saturated heterocycles. The molecule has 0 bridgehead atoms. The summed E-state index contributed by atoms with van der Waals surface area (Å²) in [6, 6.07) is 56.8. The summed E-state index contributed by atoms with van der Waals surface area (Å²) >= 11 is 0. The molecule has 10 rings (SSSR count). The summed E-state index contributed by atoms with van der Waals surface area (Å²) in [6.07, 6.45) is 0. The fourth-order valence-electron chi connectivity index (χ4n) is 7.47. The SMILES string of the molecule is c1cc(-c2c3ccccc3cc3ccccc23)cc(-c2cccc3c2[nH]c2ccc(-c4cccc5c4oc4ccccc45)cc23)c1. The molecule has 0 fully saturated rings. The second-order valence-electron chi connectivity index (χ2n) is 12.2. The quantitative estimate of drug-likeness (QED) is 0.205. The Hall–Kier alpha value is -6.12. The number of hydrogen-bond acceptors (Lipinski definition) is 1. The molecule has 2 heteroatoms. The molecule has 46 heavy (non-hydrogen) atoms. The molecular weight excluding hydrogens is 558 g/mol. The predicted molar refractivity (Wildman–Crippen MR) is 194 cm³/mol. The van der Waals surface area contributed by atoms with Crippen molar-refractivity contribution in [1.29, 1.82) is 0 Å². The van der Waals surface area contributed by atoms with Crippen LogP contribution in [0.4, 0.5) is 0 Å². The minimum Gasteiger partial charge on any atom is -0.455 e. The lowest BCUT2D eigenvalue weighted by atomic mass is 9.90. The van der Waals surface area contributed by atoms with Gasteiger partial charge in [0, 0.05) is 38.2 Å². The van der Waals surface area contributed by atoms with Gasteiger partial charge in [-0.1, -0.05) is 127 Å². The van der Waals surface area contributed by atoms with Gasteiger partial charge in [0.15, 0.2) is 0 Å². The van der Waals surface area contributed by atoms with Gasteiger partial charge in [0.05, 0.1) is 5.52 Å². The normalized spacial score (nSPS) is 11.9. The lowest BCUT2D eigenvalue weighted by Gasteiger charge is -2.13. The van der Waals surface area contributed by atoms with E-state index in [1.54, 1.807) is 0 Å². The summed E-state index contributed by atoms with van der Waals surface area (Å²) in [7, 11) is 0. The molecule has 2 heterocycles. The molecule has 1 N–H and O–H groups in total. The summed E-state index contributed by atoms with van der Waals surface area (Å²) in [4.78, 5) is 3.78. The number of H-pyrrole nitrogens is 1. The molecule has 0 spiro atoms. The van der Waals surface area contributed by atoms with Crippen molar-refractivity contribution in [1.82, 2.24) is 4.98 Å². The Balaban J connectivity index is 1.15. The number of aromatic nitrogens is 1. The molecule has 0 unspecified atom stereocenters. The van der Waals surface area contributed by atoms with Crippen molar-refractivity contribution in [3.05, 3.63) is 158 Å². The minimum atomic E-state index is 0.918. The zero-order valence-corrected chi connectivity index (χ0v) is 24.9. The number of hydrogen-bond donors (Lipinski definition) is 1. The fourth-order valence-corrected chi connectivity index (χ4v) is 7.47. The van der Waals surface area contributed by atoms with Crippen molar-refractivity contribution < 1.29 is 4.42 Å². The molecule has 2 aromatic heterocycles. The Morgan fingerprint density at radius 1 is 0.391 bits per heavy atom. The summed E-state index contributed by atoms with van der Waals surface area (Å²) in [5.41, 5.74) is 11.3. The highest BCUT2D eigenvalue weighted by Gasteiger charge is 2.16. The Morgan fingerprint density at radius 3 is 1.85 bits per heavy atom. The maximum Gasteiger partial charge on any atom is 0.143 e. The summed E-state index contributed by atoms with van der Waals surface area (Å²) in [6.45, 7) is 0. The van der Waals surface area contributed by atoms with E-state index in [1.165, 1.54) is 54.6 Å². The highest BCUT2D eigenvalue weighted by Crippen LogP contribution is 2.41. The second kappa shape index (κ2) is 9.69. The highest BCUT2D eigenvalue weighted by molar-refractivity contribution is 6.16. The summed E-state index contributed by atoms with van der Waals surface area (Å²) in [5, 5.41) is 9.78. The van der Waals surface area contributed by atoms with Gasteiger partial charge in [-0.15, -0.1) is 0 Å². The zero-order chi connectivity index (χ0) is 30.2. The number of fused-ring (bicyclic) bond motifs is 8. The number of para-hydroxylation sites is 3. The van der Waals surface area contributed by atoms with E-state index in [4.69, 9.17) is 4.42 Å². The van der Waals surface area contributed by atoms with E-state index in [9.17, 15) is 0 Å². The van der Waals surface area contributed by atoms with Gasteiger partial charge in [-0.2, -0.15) is 0 Å².